The molecule has 2 rings (SSSR count). The molecule has 78 valence electrons. The zero-order valence-corrected chi connectivity index (χ0v) is 8.44. The van der Waals surface area contributed by atoms with Crippen LogP contribution < -0.4 is 5.73 Å². The van der Waals surface area contributed by atoms with Crippen LogP contribution in [0.3, 0.4) is 0 Å². The summed E-state index contributed by atoms with van der Waals surface area (Å²) in [6.45, 7) is 2.71. The van der Waals surface area contributed by atoms with Crippen LogP contribution in [0.2, 0.25) is 0 Å². The first-order chi connectivity index (χ1) is 6.76. The summed E-state index contributed by atoms with van der Waals surface area (Å²) in [6, 6.07) is 3.95. The van der Waals surface area contributed by atoms with Gasteiger partial charge in [-0.2, -0.15) is 0 Å². The minimum Gasteiger partial charge on any atom is -0.465 e. The Balaban J connectivity index is 2.09. The minimum absolute atomic E-state index is 0.0437. The van der Waals surface area contributed by atoms with E-state index in [0.29, 0.717) is 12.5 Å². The summed E-state index contributed by atoms with van der Waals surface area (Å²) >= 11 is 0. The maximum atomic E-state index is 9.05. The molecule has 1 heterocycles. The van der Waals surface area contributed by atoms with Gasteiger partial charge in [-0.25, -0.2) is 0 Å². The number of hydrogen-bond acceptors (Lipinski definition) is 3. The topological polar surface area (TPSA) is 59.4 Å². The van der Waals surface area contributed by atoms with Gasteiger partial charge in [-0.1, -0.05) is 6.92 Å². The largest absolute Gasteiger partial charge is 0.465 e. The second kappa shape index (κ2) is 3.75. The standard InChI is InChI=1S/C11H17NO2/c1-7-4-9(7)11-3-2-10(14-11)8(5-12)6-13/h2-3,7-9,13H,4-6,12H2,1H3. The molecule has 1 fully saturated rings. The van der Waals surface area contributed by atoms with Crippen molar-refractivity contribution in [2.45, 2.75) is 25.2 Å². The fourth-order valence-electron chi connectivity index (χ4n) is 1.79. The first-order valence-electron chi connectivity index (χ1n) is 5.16. The molecule has 3 N–H and O–H groups in total. The third-order valence-electron chi connectivity index (χ3n) is 3.03. The molecule has 3 atom stereocenters. The van der Waals surface area contributed by atoms with Gasteiger partial charge in [-0.15, -0.1) is 0 Å². The molecule has 0 saturated heterocycles. The van der Waals surface area contributed by atoms with Gasteiger partial charge in [0.2, 0.25) is 0 Å². The summed E-state index contributed by atoms with van der Waals surface area (Å²) in [5, 5.41) is 9.05. The Labute approximate surface area is 83.9 Å². The predicted octanol–water partition coefficient (Wildman–Crippen LogP) is 1.44. The lowest BCUT2D eigenvalue weighted by Gasteiger charge is -2.06. The van der Waals surface area contributed by atoms with E-state index in [0.717, 1.165) is 17.4 Å². The lowest BCUT2D eigenvalue weighted by Crippen LogP contribution is -2.15. The summed E-state index contributed by atoms with van der Waals surface area (Å²) in [6.07, 6.45) is 1.22. The number of aliphatic hydroxyl groups is 1. The minimum atomic E-state index is -0.0437. The normalized spacial score (nSPS) is 27.6. The highest BCUT2D eigenvalue weighted by Crippen LogP contribution is 2.47. The van der Waals surface area contributed by atoms with Crippen LogP contribution >= 0.6 is 0 Å². The third-order valence-corrected chi connectivity index (χ3v) is 3.03. The van der Waals surface area contributed by atoms with Gasteiger partial charge in [0.25, 0.3) is 0 Å². The van der Waals surface area contributed by atoms with Crippen LogP contribution in [-0.4, -0.2) is 18.3 Å². The van der Waals surface area contributed by atoms with E-state index < -0.39 is 0 Å². The molecule has 1 aliphatic rings. The maximum absolute atomic E-state index is 9.05. The molecule has 1 aromatic rings. The van der Waals surface area contributed by atoms with Gasteiger partial charge in [-0.3, -0.25) is 0 Å². The van der Waals surface area contributed by atoms with Crippen molar-refractivity contribution in [2.75, 3.05) is 13.2 Å². The summed E-state index contributed by atoms with van der Waals surface area (Å²) in [5.41, 5.74) is 5.52. The fraction of sp³-hybridized carbons (Fsp3) is 0.636. The summed E-state index contributed by atoms with van der Waals surface area (Å²) in [7, 11) is 0. The molecule has 1 aromatic heterocycles. The molecule has 0 spiro atoms. The second-order valence-corrected chi connectivity index (χ2v) is 4.17. The van der Waals surface area contributed by atoms with Gasteiger partial charge in [-0.05, 0) is 24.5 Å². The van der Waals surface area contributed by atoms with Crippen molar-refractivity contribution in [3.8, 4) is 0 Å². The molecular formula is C11H17NO2. The summed E-state index contributed by atoms with van der Waals surface area (Å²) < 4.78 is 5.68. The Morgan fingerprint density at radius 3 is 2.86 bits per heavy atom. The number of hydrogen-bond donors (Lipinski definition) is 2. The summed E-state index contributed by atoms with van der Waals surface area (Å²) in [5.74, 6) is 3.18. The smallest absolute Gasteiger partial charge is 0.110 e. The zero-order chi connectivity index (χ0) is 10.1. The van der Waals surface area contributed by atoms with Crippen LogP contribution in [0.15, 0.2) is 16.5 Å². The Hall–Kier alpha value is -0.800. The van der Waals surface area contributed by atoms with Crippen LogP contribution in [0.4, 0.5) is 0 Å². The van der Waals surface area contributed by atoms with Crippen LogP contribution in [0.1, 0.15) is 36.7 Å². The van der Waals surface area contributed by atoms with Crippen LogP contribution in [0.25, 0.3) is 0 Å². The lowest BCUT2D eigenvalue weighted by atomic mass is 10.1. The molecule has 3 unspecified atom stereocenters. The van der Waals surface area contributed by atoms with Crippen LogP contribution in [0.5, 0.6) is 0 Å². The SMILES string of the molecule is CC1CC1c1ccc(C(CN)CO)o1. The Bertz CT molecular complexity index is 304. The maximum Gasteiger partial charge on any atom is 0.110 e. The average Bonchev–Trinajstić information content (AvgIpc) is 2.74. The van der Waals surface area contributed by atoms with E-state index in [4.69, 9.17) is 15.3 Å². The highest BCUT2D eigenvalue weighted by molar-refractivity contribution is 5.19. The molecule has 1 saturated carbocycles. The third kappa shape index (κ3) is 1.70. The molecule has 1 aliphatic carbocycles. The molecule has 3 nitrogen and oxygen atoms in total. The fourth-order valence-corrected chi connectivity index (χ4v) is 1.79. The van der Waals surface area contributed by atoms with Crippen molar-refractivity contribution in [3.63, 3.8) is 0 Å². The highest BCUT2D eigenvalue weighted by Gasteiger charge is 2.36. The van der Waals surface area contributed by atoms with Gasteiger partial charge in [0.1, 0.15) is 11.5 Å². The van der Waals surface area contributed by atoms with E-state index in [1.807, 2.05) is 12.1 Å². The second-order valence-electron chi connectivity index (χ2n) is 4.17. The molecule has 0 bridgehead atoms. The Morgan fingerprint density at radius 2 is 2.36 bits per heavy atom. The Morgan fingerprint density at radius 1 is 1.64 bits per heavy atom. The number of nitrogens with two attached hydrogens (primary N) is 1. The van der Waals surface area contributed by atoms with E-state index in [-0.39, 0.29) is 12.5 Å². The average molecular weight is 195 g/mol. The monoisotopic (exact) mass is 195 g/mol. The van der Waals surface area contributed by atoms with Gasteiger partial charge in [0, 0.05) is 12.5 Å². The predicted molar refractivity (Wildman–Crippen MR) is 54.1 cm³/mol. The van der Waals surface area contributed by atoms with Crippen molar-refractivity contribution in [3.05, 3.63) is 23.7 Å². The molecule has 0 radical (unpaired) electrons. The lowest BCUT2D eigenvalue weighted by molar-refractivity contribution is 0.249. The first-order valence-corrected chi connectivity index (χ1v) is 5.16. The van der Waals surface area contributed by atoms with Crippen molar-refractivity contribution < 1.29 is 9.52 Å². The summed E-state index contributed by atoms with van der Waals surface area (Å²) in [4.78, 5) is 0. The quantitative estimate of drug-likeness (QED) is 0.764. The van der Waals surface area contributed by atoms with Crippen molar-refractivity contribution in [2.24, 2.45) is 11.7 Å². The van der Waals surface area contributed by atoms with E-state index in [1.165, 1.54) is 6.42 Å². The van der Waals surface area contributed by atoms with E-state index in [2.05, 4.69) is 6.92 Å². The zero-order valence-electron chi connectivity index (χ0n) is 8.44. The van der Waals surface area contributed by atoms with Gasteiger partial charge in [0.05, 0.1) is 12.5 Å². The molecule has 14 heavy (non-hydrogen) atoms. The van der Waals surface area contributed by atoms with Crippen molar-refractivity contribution in [1.82, 2.24) is 0 Å². The van der Waals surface area contributed by atoms with Crippen LogP contribution in [0, 0.1) is 5.92 Å². The molecule has 0 aliphatic heterocycles. The van der Waals surface area contributed by atoms with Gasteiger partial charge < -0.3 is 15.3 Å². The van der Waals surface area contributed by atoms with E-state index in [9.17, 15) is 0 Å². The van der Waals surface area contributed by atoms with Crippen molar-refractivity contribution in [1.29, 1.82) is 0 Å². The Kier molecular flexibility index (Phi) is 2.61. The highest BCUT2D eigenvalue weighted by atomic mass is 16.3. The number of aliphatic hydroxyl groups excluding tert-OH is 1. The van der Waals surface area contributed by atoms with Gasteiger partial charge >= 0.3 is 0 Å². The molecular weight excluding hydrogens is 178 g/mol. The van der Waals surface area contributed by atoms with Gasteiger partial charge in [0.15, 0.2) is 0 Å². The van der Waals surface area contributed by atoms with E-state index >= 15 is 0 Å². The van der Waals surface area contributed by atoms with Crippen molar-refractivity contribution >= 4 is 0 Å². The van der Waals surface area contributed by atoms with Crippen LogP contribution in [-0.2, 0) is 0 Å². The first kappa shape index (κ1) is 9.74. The molecule has 3 heteroatoms. The van der Waals surface area contributed by atoms with E-state index in [1.54, 1.807) is 0 Å². The molecule has 0 amide bonds. The molecule has 0 aromatic carbocycles. The number of furan rings is 1. The number of rotatable bonds is 4.